The van der Waals surface area contributed by atoms with Crippen molar-refractivity contribution in [3.05, 3.63) is 65.7 Å². The highest BCUT2D eigenvalue weighted by atomic mass is 16.5. The number of carbonyl (C=O) groups is 1. The molecular weight excluding hydrogens is 332 g/mol. The number of benzene rings is 3. The summed E-state index contributed by atoms with van der Waals surface area (Å²) >= 11 is 0. The summed E-state index contributed by atoms with van der Waals surface area (Å²) in [5, 5.41) is 15.6. The molecule has 0 saturated carbocycles. The van der Waals surface area contributed by atoms with Crippen molar-refractivity contribution in [2.45, 2.75) is 0 Å². The third-order valence-corrected chi connectivity index (χ3v) is 3.96. The number of fused-ring (bicyclic) bond motifs is 1. The molecule has 0 aromatic heterocycles. The Morgan fingerprint density at radius 2 is 1.85 bits per heavy atom. The zero-order valence-corrected chi connectivity index (χ0v) is 14.4. The standard InChI is InChI=1S/C20H18N2O4/c1-25-14-9-7-13-8-10-19(26-2)17(16(13)11-14)12-21-22-20(24)15-5-3-4-6-18(15)23/h3-12,23H,1-2H3,(H,22,24)/b21-12+. The fourth-order valence-corrected chi connectivity index (χ4v) is 2.62. The summed E-state index contributed by atoms with van der Waals surface area (Å²) in [6, 6.07) is 15.7. The maximum absolute atomic E-state index is 12.1. The molecule has 2 N–H and O–H groups in total. The van der Waals surface area contributed by atoms with Gasteiger partial charge in [0.25, 0.3) is 5.91 Å². The van der Waals surface area contributed by atoms with Crippen molar-refractivity contribution in [1.29, 1.82) is 0 Å². The van der Waals surface area contributed by atoms with Crippen molar-refractivity contribution < 1.29 is 19.4 Å². The van der Waals surface area contributed by atoms with Crippen LogP contribution >= 0.6 is 0 Å². The van der Waals surface area contributed by atoms with Crippen molar-refractivity contribution in [1.82, 2.24) is 5.43 Å². The number of ether oxygens (including phenoxy) is 2. The fourth-order valence-electron chi connectivity index (χ4n) is 2.62. The Kier molecular flexibility index (Phi) is 5.03. The van der Waals surface area contributed by atoms with Crippen LogP contribution in [0.4, 0.5) is 0 Å². The van der Waals surface area contributed by atoms with Crippen molar-refractivity contribution >= 4 is 22.9 Å². The summed E-state index contributed by atoms with van der Waals surface area (Å²) in [4.78, 5) is 12.1. The molecule has 132 valence electrons. The quantitative estimate of drug-likeness (QED) is 0.546. The number of amides is 1. The van der Waals surface area contributed by atoms with E-state index < -0.39 is 5.91 Å². The smallest absolute Gasteiger partial charge is 0.275 e. The van der Waals surface area contributed by atoms with Gasteiger partial charge in [0.2, 0.25) is 0 Å². The van der Waals surface area contributed by atoms with Gasteiger partial charge >= 0.3 is 0 Å². The van der Waals surface area contributed by atoms with Crippen LogP contribution in [0.2, 0.25) is 0 Å². The van der Waals surface area contributed by atoms with Gasteiger partial charge in [-0.2, -0.15) is 5.10 Å². The molecule has 0 saturated heterocycles. The first-order chi connectivity index (χ1) is 12.6. The summed E-state index contributed by atoms with van der Waals surface area (Å²) in [6.07, 6.45) is 1.51. The molecule has 0 aliphatic carbocycles. The SMILES string of the molecule is COc1ccc2ccc(OC)c(/C=N/NC(=O)c3ccccc3O)c2c1. The number of rotatable bonds is 5. The van der Waals surface area contributed by atoms with Gasteiger partial charge in [0, 0.05) is 5.56 Å². The van der Waals surface area contributed by atoms with Crippen molar-refractivity contribution in [3.8, 4) is 17.2 Å². The molecule has 26 heavy (non-hydrogen) atoms. The normalized spacial score (nSPS) is 10.8. The van der Waals surface area contributed by atoms with Crippen LogP contribution in [-0.2, 0) is 0 Å². The lowest BCUT2D eigenvalue weighted by atomic mass is 10.0. The number of phenolic OH excluding ortho intramolecular Hbond substituents is 1. The van der Waals surface area contributed by atoms with E-state index in [1.54, 1.807) is 26.4 Å². The van der Waals surface area contributed by atoms with E-state index in [0.717, 1.165) is 10.8 Å². The van der Waals surface area contributed by atoms with E-state index in [2.05, 4.69) is 10.5 Å². The van der Waals surface area contributed by atoms with E-state index in [9.17, 15) is 9.90 Å². The molecule has 6 heteroatoms. The lowest BCUT2D eigenvalue weighted by molar-refractivity contribution is 0.0952. The number of methoxy groups -OCH3 is 2. The van der Waals surface area contributed by atoms with Crippen LogP contribution in [-0.4, -0.2) is 31.4 Å². The number of aromatic hydroxyl groups is 1. The Morgan fingerprint density at radius 3 is 2.58 bits per heavy atom. The average molecular weight is 350 g/mol. The minimum Gasteiger partial charge on any atom is -0.507 e. The minimum absolute atomic E-state index is 0.104. The van der Waals surface area contributed by atoms with Crippen LogP contribution in [0.25, 0.3) is 10.8 Å². The van der Waals surface area contributed by atoms with Crippen LogP contribution in [0.5, 0.6) is 17.2 Å². The molecule has 0 radical (unpaired) electrons. The zero-order chi connectivity index (χ0) is 18.5. The first-order valence-corrected chi connectivity index (χ1v) is 7.90. The van der Waals surface area contributed by atoms with Gasteiger partial charge in [0.1, 0.15) is 17.2 Å². The molecule has 0 atom stereocenters. The Balaban J connectivity index is 1.93. The van der Waals surface area contributed by atoms with Gasteiger partial charge in [-0.05, 0) is 41.1 Å². The topological polar surface area (TPSA) is 80.2 Å². The summed E-state index contributed by atoms with van der Waals surface area (Å²) < 4.78 is 10.7. The van der Waals surface area contributed by atoms with Crippen LogP contribution in [0.15, 0.2) is 59.7 Å². The van der Waals surface area contributed by atoms with E-state index in [-0.39, 0.29) is 11.3 Å². The maximum atomic E-state index is 12.1. The lowest BCUT2D eigenvalue weighted by Crippen LogP contribution is -2.17. The third-order valence-electron chi connectivity index (χ3n) is 3.96. The average Bonchev–Trinajstić information content (AvgIpc) is 2.67. The summed E-state index contributed by atoms with van der Waals surface area (Å²) in [5.41, 5.74) is 3.28. The van der Waals surface area contributed by atoms with E-state index in [0.29, 0.717) is 17.1 Å². The van der Waals surface area contributed by atoms with Gasteiger partial charge in [-0.15, -0.1) is 0 Å². The number of phenols is 1. The summed E-state index contributed by atoms with van der Waals surface area (Å²) in [7, 11) is 3.17. The molecule has 6 nitrogen and oxygen atoms in total. The molecule has 1 amide bonds. The lowest BCUT2D eigenvalue weighted by Gasteiger charge is -2.10. The molecule has 0 unspecified atom stereocenters. The second kappa shape index (κ2) is 7.57. The van der Waals surface area contributed by atoms with Gasteiger partial charge in [-0.1, -0.05) is 24.3 Å². The van der Waals surface area contributed by atoms with Gasteiger partial charge in [0.05, 0.1) is 26.0 Å². The van der Waals surface area contributed by atoms with Crippen molar-refractivity contribution in [2.24, 2.45) is 5.10 Å². The highest BCUT2D eigenvalue weighted by Gasteiger charge is 2.10. The van der Waals surface area contributed by atoms with Gasteiger partial charge in [-0.3, -0.25) is 4.79 Å². The van der Waals surface area contributed by atoms with E-state index in [1.165, 1.54) is 18.3 Å². The van der Waals surface area contributed by atoms with Crippen LogP contribution in [0.3, 0.4) is 0 Å². The second-order valence-corrected chi connectivity index (χ2v) is 5.48. The number of nitrogens with one attached hydrogen (secondary N) is 1. The van der Waals surface area contributed by atoms with E-state index in [1.807, 2.05) is 30.3 Å². The fraction of sp³-hybridized carbons (Fsp3) is 0.100. The Labute approximate surface area is 150 Å². The van der Waals surface area contributed by atoms with Crippen molar-refractivity contribution in [3.63, 3.8) is 0 Å². The van der Waals surface area contributed by atoms with Crippen LogP contribution in [0.1, 0.15) is 15.9 Å². The molecule has 0 spiro atoms. The number of hydrogen-bond donors (Lipinski definition) is 2. The predicted octanol–water partition coefficient (Wildman–Crippen LogP) is 3.33. The van der Waals surface area contributed by atoms with E-state index >= 15 is 0 Å². The number of hydrogen-bond acceptors (Lipinski definition) is 5. The number of carbonyl (C=O) groups excluding carboxylic acids is 1. The second-order valence-electron chi connectivity index (χ2n) is 5.48. The first kappa shape index (κ1) is 17.3. The molecule has 3 aromatic rings. The summed E-state index contributed by atoms with van der Waals surface area (Å²) in [5.74, 6) is 0.716. The minimum atomic E-state index is -0.504. The number of hydrazone groups is 1. The Morgan fingerprint density at radius 1 is 1.08 bits per heavy atom. The zero-order valence-electron chi connectivity index (χ0n) is 14.4. The van der Waals surface area contributed by atoms with Crippen LogP contribution in [0, 0.1) is 0 Å². The molecular formula is C20H18N2O4. The molecule has 0 aliphatic rings. The molecule has 0 heterocycles. The molecule has 3 rings (SSSR count). The number of para-hydroxylation sites is 1. The molecule has 0 fully saturated rings. The molecule has 0 bridgehead atoms. The van der Waals surface area contributed by atoms with Gasteiger partial charge < -0.3 is 14.6 Å². The van der Waals surface area contributed by atoms with Gasteiger partial charge in [-0.25, -0.2) is 5.43 Å². The third kappa shape index (κ3) is 3.44. The highest BCUT2D eigenvalue weighted by molar-refractivity contribution is 6.04. The predicted molar refractivity (Wildman–Crippen MR) is 100 cm³/mol. The summed E-state index contributed by atoms with van der Waals surface area (Å²) in [6.45, 7) is 0. The van der Waals surface area contributed by atoms with Crippen LogP contribution < -0.4 is 14.9 Å². The maximum Gasteiger partial charge on any atom is 0.275 e. The monoisotopic (exact) mass is 350 g/mol. The van der Waals surface area contributed by atoms with Crippen molar-refractivity contribution in [2.75, 3.05) is 14.2 Å². The Bertz CT molecular complexity index is 977. The Hall–Kier alpha value is -3.54. The largest absolute Gasteiger partial charge is 0.507 e. The first-order valence-electron chi connectivity index (χ1n) is 7.90. The number of nitrogens with zero attached hydrogens (tertiary/aromatic N) is 1. The van der Waals surface area contributed by atoms with E-state index in [4.69, 9.17) is 9.47 Å². The molecule has 3 aromatic carbocycles. The molecule has 0 aliphatic heterocycles. The van der Waals surface area contributed by atoms with Gasteiger partial charge in [0.15, 0.2) is 0 Å². The highest BCUT2D eigenvalue weighted by Crippen LogP contribution is 2.29.